The SMILES string of the molecule is CCC(C(=O)O)c1c(Cl)cc(C)cc1OC. The Balaban J connectivity index is 3.35. The molecule has 0 aliphatic heterocycles. The Morgan fingerprint density at radius 3 is 2.62 bits per heavy atom. The lowest BCUT2D eigenvalue weighted by atomic mass is 9.94. The average Bonchev–Trinajstić information content (AvgIpc) is 2.21. The van der Waals surface area contributed by atoms with Crippen LogP contribution in [0.4, 0.5) is 0 Å². The van der Waals surface area contributed by atoms with Crippen molar-refractivity contribution < 1.29 is 14.6 Å². The molecule has 16 heavy (non-hydrogen) atoms. The Bertz CT molecular complexity index is 401. The van der Waals surface area contributed by atoms with E-state index in [1.54, 1.807) is 12.1 Å². The molecule has 0 spiro atoms. The average molecular weight is 243 g/mol. The number of hydrogen-bond donors (Lipinski definition) is 1. The van der Waals surface area contributed by atoms with Crippen molar-refractivity contribution in [1.29, 1.82) is 0 Å². The second-order valence-corrected chi connectivity index (χ2v) is 4.07. The van der Waals surface area contributed by atoms with Gasteiger partial charge in [0.05, 0.1) is 13.0 Å². The third-order valence-electron chi connectivity index (χ3n) is 2.51. The third kappa shape index (κ3) is 2.47. The maximum Gasteiger partial charge on any atom is 0.311 e. The monoisotopic (exact) mass is 242 g/mol. The molecule has 1 aromatic rings. The van der Waals surface area contributed by atoms with Crippen molar-refractivity contribution >= 4 is 17.6 Å². The number of aliphatic carboxylic acids is 1. The van der Waals surface area contributed by atoms with E-state index < -0.39 is 11.9 Å². The van der Waals surface area contributed by atoms with Crippen molar-refractivity contribution in [3.63, 3.8) is 0 Å². The predicted molar refractivity (Wildman–Crippen MR) is 63.4 cm³/mol. The fraction of sp³-hybridized carbons (Fsp3) is 0.417. The van der Waals surface area contributed by atoms with Gasteiger partial charge in [-0.05, 0) is 31.0 Å². The minimum atomic E-state index is -0.883. The Morgan fingerprint density at radius 2 is 2.19 bits per heavy atom. The summed E-state index contributed by atoms with van der Waals surface area (Å²) in [6, 6.07) is 3.55. The van der Waals surface area contributed by atoms with Crippen LogP contribution in [0.3, 0.4) is 0 Å². The topological polar surface area (TPSA) is 46.5 Å². The Morgan fingerprint density at radius 1 is 1.56 bits per heavy atom. The van der Waals surface area contributed by atoms with Crippen molar-refractivity contribution in [2.24, 2.45) is 0 Å². The Kier molecular flexibility index (Phi) is 4.19. The van der Waals surface area contributed by atoms with E-state index in [1.807, 2.05) is 13.8 Å². The van der Waals surface area contributed by atoms with E-state index in [1.165, 1.54) is 7.11 Å². The highest BCUT2D eigenvalue weighted by atomic mass is 35.5. The summed E-state index contributed by atoms with van der Waals surface area (Å²) < 4.78 is 5.19. The fourth-order valence-corrected chi connectivity index (χ4v) is 2.13. The molecule has 88 valence electrons. The van der Waals surface area contributed by atoms with Gasteiger partial charge < -0.3 is 9.84 Å². The number of rotatable bonds is 4. The Labute approximate surface area is 100.0 Å². The first-order chi connectivity index (χ1) is 7.51. The van der Waals surface area contributed by atoms with Crippen LogP contribution in [0.2, 0.25) is 5.02 Å². The molecule has 3 nitrogen and oxygen atoms in total. The lowest BCUT2D eigenvalue weighted by Gasteiger charge is -2.16. The van der Waals surface area contributed by atoms with Crippen LogP contribution in [-0.2, 0) is 4.79 Å². The van der Waals surface area contributed by atoms with Gasteiger partial charge in [-0.2, -0.15) is 0 Å². The fourth-order valence-electron chi connectivity index (χ4n) is 1.73. The summed E-state index contributed by atoms with van der Waals surface area (Å²) >= 11 is 6.09. The summed E-state index contributed by atoms with van der Waals surface area (Å²) in [4.78, 5) is 11.1. The number of ether oxygens (including phenoxy) is 1. The van der Waals surface area contributed by atoms with Gasteiger partial charge >= 0.3 is 5.97 Å². The van der Waals surface area contributed by atoms with Gasteiger partial charge in [0.1, 0.15) is 5.75 Å². The molecule has 1 atom stereocenters. The summed E-state index contributed by atoms with van der Waals surface area (Å²) in [6.45, 7) is 3.70. The lowest BCUT2D eigenvalue weighted by Crippen LogP contribution is -2.12. The van der Waals surface area contributed by atoms with Gasteiger partial charge in [-0.1, -0.05) is 18.5 Å². The molecule has 1 unspecified atom stereocenters. The minimum Gasteiger partial charge on any atom is -0.496 e. The zero-order valence-corrected chi connectivity index (χ0v) is 10.3. The molecular weight excluding hydrogens is 228 g/mol. The van der Waals surface area contributed by atoms with Crippen LogP contribution in [0, 0.1) is 6.92 Å². The summed E-state index contributed by atoms with van der Waals surface area (Å²) in [6.07, 6.45) is 0.481. The lowest BCUT2D eigenvalue weighted by molar-refractivity contribution is -0.138. The Hall–Kier alpha value is -1.22. The van der Waals surface area contributed by atoms with Gasteiger partial charge in [0.15, 0.2) is 0 Å². The minimum absolute atomic E-state index is 0.450. The molecule has 0 bridgehead atoms. The van der Waals surface area contributed by atoms with Crippen LogP contribution in [0.1, 0.15) is 30.4 Å². The normalized spacial score (nSPS) is 12.2. The van der Waals surface area contributed by atoms with E-state index >= 15 is 0 Å². The van der Waals surface area contributed by atoms with Gasteiger partial charge in [-0.15, -0.1) is 0 Å². The molecule has 0 saturated carbocycles. The zero-order valence-electron chi connectivity index (χ0n) is 9.58. The van der Waals surface area contributed by atoms with Gasteiger partial charge in [0.25, 0.3) is 0 Å². The van der Waals surface area contributed by atoms with E-state index in [-0.39, 0.29) is 0 Å². The number of hydrogen-bond acceptors (Lipinski definition) is 2. The van der Waals surface area contributed by atoms with Crippen molar-refractivity contribution in [3.8, 4) is 5.75 Å². The number of halogens is 1. The third-order valence-corrected chi connectivity index (χ3v) is 2.82. The van der Waals surface area contributed by atoms with Crippen molar-refractivity contribution in [1.82, 2.24) is 0 Å². The molecule has 0 aromatic heterocycles. The molecule has 1 aromatic carbocycles. The molecule has 1 N–H and O–H groups in total. The maximum atomic E-state index is 11.1. The first-order valence-electron chi connectivity index (χ1n) is 5.08. The molecule has 0 aliphatic carbocycles. The van der Waals surface area contributed by atoms with E-state index in [2.05, 4.69) is 0 Å². The highest BCUT2D eigenvalue weighted by Gasteiger charge is 2.24. The second kappa shape index (κ2) is 5.21. The highest BCUT2D eigenvalue weighted by Crippen LogP contribution is 2.36. The van der Waals surface area contributed by atoms with Crippen molar-refractivity contribution in [3.05, 3.63) is 28.3 Å². The molecule has 0 aliphatic rings. The number of methoxy groups -OCH3 is 1. The van der Waals surface area contributed by atoms with E-state index in [0.717, 1.165) is 5.56 Å². The summed E-state index contributed by atoms with van der Waals surface area (Å²) in [7, 11) is 1.52. The maximum absolute atomic E-state index is 11.1. The molecule has 0 saturated heterocycles. The summed E-state index contributed by atoms with van der Waals surface area (Å²) in [5, 5.41) is 9.58. The summed E-state index contributed by atoms with van der Waals surface area (Å²) in [5.41, 5.74) is 1.51. The number of benzene rings is 1. The first kappa shape index (κ1) is 12.8. The van der Waals surface area contributed by atoms with Crippen LogP contribution in [0.15, 0.2) is 12.1 Å². The van der Waals surface area contributed by atoms with E-state index in [9.17, 15) is 4.79 Å². The van der Waals surface area contributed by atoms with Gasteiger partial charge in [-0.3, -0.25) is 4.79 Å². The number of aryl methyl sites for hydroxylation is 1. The van der Waals surface area contributed by atoms with Crippen LogP contribution < -0.4 is 4.74 Å². The number of carboxylic acids is 1. The standard InChI is InChI=1S/C12H15ClO3/c1-4-8(12(14)15)11-9(13)5-7(2)6-10(11)16-3/h5-6,8H,4H2,1-3H3,(H,14,15). The van der Waals surface area contributed by atoms with E-state index in [0.29, 0.717) is 22.8 Å². The van der Waals surface area contributed by atoms with Crippen LogP contribution >= 0.6 is 11.6 Å². The quantitative estimate of drug-likeness (QED) is 0.882. The van der Waals surface area contributed by atoms with E-state index in [4.69, 9.17) is 21.4 Å². The van der Waals surface area contributed by atoms with Crippen LogP contribution in [0.5, 0.6) is 5.75 Å². The van der Waals surface area contributed by atoms with Gasteiger partial charge in [0, 0.05) is 10.6 Å². The highest BCUT2D eigenvalue weighted by molar-refractivity contribution is 6.32. The predicted octanol–water partition coefficient (Wildman–Crippen LogP) is 3.24. The molecule has 0 radical (unpaired) electrons. The van der Waals surface area contributed by atoms with Gasteiger partial charge in [-0.25, -0.2) is 0 Å². The van der Waals surface area contributed by atoms with Crippen molar-refractivity contribution in [2.75, 3.05) is 7.11 Å². The largest absolute Gasteiger partial charge is 0.496 e. The molecule has 4 heteroatoms. The number of carboxylic acid groups (broad SMARTS) is 1. The van der Waals surface area contributed by atoms with Crippen LogP contribution in [-0.4, -0.2) is 18.2 Å². The first-order valence-corrected chi connectivity index (χ1v) is 5.45. The molecule has 0 heterocycles. The summed E-state index contributed by atoms with van der Waals surface area (Å²) in [5.74, 6) is -0.964. The van der Waals surface area contributed by atoms with Gasteiger partial charge in [0.2, 0.25) is 0 Å². The van der Waals surface area contributed by atoms with Crippen LogP contribution in [0.25, 0.3) is 0 Å². The van der Waals surface area contributed by atoms with Crippen molar-refractivity contribution in [2.45, 2.75) is 26.2 Å². The molecule has 1 rings (SSSR count). The molecular formula is C12H15ClO3. The molecule has 0 fully saturated rings. The molecule has 0 amide bonds. The number of carbonyl (C=O) groups is 1. The smallest absolute Gasteiger partial charge is 0.311 e. The second-order valence-electron chi connectivity index (χ2n) is 3.66. The zero-order chi connectivity index (χ0) is 12.3.